The zero-order valence-electron chi connectivity index (χ0n) is 15.0. The number of thiophene rings is 1. The number of hydrogen-bond donors (Lipinski definition) is 0. The molecule has 1 aromatic carbocycles. The maximum Gasteiger partial charge on any atom is 0.344 e. The molecule has 0 amide bonds. The third kappa shape index (κ3) is 5.47. The van der Waals surface area contributed by atoms with Crippen molar-refractivity contribution in [1.82, 2.24) is 0 Å². The highest BCUT2D eigenvalue weighted by molar-refractivity contribution is 7.94. The number of sulfonamides is 1. The molecule has 0 spiro atoms. The van der Waals surface area contributed by atoms with Crippen molar-refractivity contribution in [2.75, 3.05) is 24.6 Å². The molecule has 0 atom stereocenters. The fourth-order valence-electron chi connectivity index (χ4n) is 2.03. The van der Waals surface area contributed by atoms with Gasteiger partial charge in [0.15, 0.2) is 6.61 Å². The lowest BCUT2D eigenvalue weighted by Gasteiger charge is -2.18. The molecule has 0 aliphatic carbocycles. The van der Waals surface area contributed by atoms with Gasteiger partial charge in [-0.05, 0) is 48.1 Å². The minimum Gasteiger partial charge on any atom is -0.482 e. The molecule has 1 heterocycles. The highest BCUT2D eigenvalue weighted by atomic mass is 32.2. The van der Waals surface area contributed by atoms with Crippen molar-refractivity contribution < 1.29 is 22.7 Å². The van der Waals surface area contributed by atoms with Crippen LogP contribution in [0.25, 0.3) is 0 Å². The van der Waals surface area contributed by atoms with E-state index >= 15 is 0 Å². The van der Waals surface area contributed by atoms with Crippen LogP contribution >= 0.6 is 11.3 Å². The Bertz CT molecular complexity index is 799. The zero-order valence-corrected chi connectivity index (χ0v) is 16.7. The monoisotopic (exact) mass is 397 g/mol. The summed E-state index contributed by atoms with van der Waals surface area (Å²) in [6, 6.07) is 9.77. The van der Waals surface area contributed by atoms with Gasteiger partial charge in [0.05, 0.1) is 12.3 Å². The van der Waals surface area contributed by atoms with Crippen molar-refractivity contribution in [3.63, 3.8) is 0 Å². The maximum atomic E-state index is 12.5. The highest BCUT2D eigenvalue weighted by Gasteiger charge is 2.22. The molecule has 0 fully saturated rings. The minimum atomic E-state index is -3.57. The molecule has 6 nitrogen and oxygen atoms in total. The average molecular weight is 398 g/mol. The van der Waals surface area contributed by atoms with Crippen LogP contribution in [-0.2, 0) is 19.6 Å². The molecule has 0 aliphatic heterocycles. The predicted molar refractivity (Wildman–Crippen MR) is 102 cm³/mol. The summed E-state index contributed by atoms with van der Waals surface area (Å²) in [5, 5.41) is 1.72. The van der Waals surface area contributed by atoms with E-state index in [2.05, 4.69) is 13.8 Å². The second-order valence-corrected chi connectivity index (χ2v) is 9.23. The van der Waals surface area contributed by atoms with Gasteiger partial charge in [0, 0.05) is 7.05 Å². The Morgan fingerprint density at radius 1 is 1.19 bits per heavy atom. The number of anilines is 1. The molecule has 2 rings (SSSR count). The number of carbonyl (C=O) groups is 1. The first-order valence-corrected chi connectivity index (χ1v) is 10.5. The molecule has 26 heavy (non-hydrogen) atoms. The second kappa shape index (κ2) is 9.05. The first kappa shape index (κ1) is 20.3. The van der Waals surface area contributed by atoms with Crippen molar-refractivity contribution in [1.29, 1.82) is 0 Å². The number of rotatable bonds is 9. The molecule has 0 saturated carbocycles. The van der Waals surface area contributed by atoms with Crippen LogP contribution in [-0.4, -0.2) is 34.6 Å². The molecule has 2 aromatic rings. The van der Waals surface area contributed by atoms with Crippen LogP contribution in [0.1, 0.15) is 20.3 Å². The van der Waals surface area contributed by atoms with Gasteiger partial charge >= 0.3 is 5.97 Å². The van der Waals surface area contributed by atoms with Gasteiger partial charge in [-0.25, -0.2) is 13.2 Å². The standard InChI is InChI=1S/C18H23NO5S2/c1-14(2)10-11-23-17(20)13-24-16-8-6-15(7-9-16)19(3)26(21,22)18-5-4-12-25-18/h4-9,12,14H,10-11,13H2,1-3H3. The van der Waals surface area contributed by atoms with Crippen LogP contribution in [0.15, 0.2) is 46.0 Å². The molecule has 8 heteroatoms. The highest BCUT2D eigenvalue weighted by Crippen LogP contribution is 2.26. The van der Waals surface area contributed by atoms with Crippen LogP contribution in [0.4, 0.5) is 5.69 Å². The summed E-state index contributed by atoms with van der Waals surface area (Å²) in [7, 11) is -2.07. The van der Waals surface area contributed by atoms with Crippen LogP contribution in [0, 0.1) is 5.92 Å². The molecule has 0 saturated heterocycles. The van der Waals surface area contributed by atoms with Crippen LogP contribution in [0.5, 0.6) is 5.75 Å². The molecule has 0 unspecified atom stereocenters. The van der Waals surface area contributed by atoms with Gasteiger partial charge in [0.25, 0.3) is 10.0 Å². The first-order valence-electron chi connectivity index (χ1n) is 8.21. The topological polar surface area (TPSA) is 72.9 Å². The predicted octanol–water partition coefficient (Wildman–Crippen LogP) is 3.54. The van der Waals surface area contributed by atoms with E-state index in [-0.39, 0.29) is 10.8 Å². The molecule has 0 N–H and O–H groups in total. The largest absolute Gasteiger partial charge is 0.482 e. The summed E-state index contributed by atoms with van der Waals surface area (Å²) in [5.41, 5.74) is 0.505. The third-order valence-electron chi connectivity index (χ3n) is 3.63. The smallest absolute Gasteiger partial charge is 0.344 e. The van der Waals surface area contributed by atoms with E-state index in [1.54, 1.807) is 41.8 Å². The SMILES string of the molecule is CC(C)CCOC(=O)COc1ccc(N(C)S(=O)(=O)c2cccs2)cc1. The third-order valence-corrected chi connectivity index (χ3v) is 6.78. The van der Waals surface area contributed by atoms with Crippen LogP contribution in [0.3, 0.4) is 0 Å². The summed E-state index contributed by atoms with van der Waals surface area (Å²) < 4.78 is 36.9. The quantitative estimate of drug-likeness (QED) is 0.605. The zero-order chi connectivity index (χ0) is 19.2. The maximum absolute atomic E-state index is 12.5. The summed E-state index contributed by atoms with van der Waals surface area (Å²) in [6.45, 7) is 4.31. The normalized spacial score (nSPS) is 11.4. The van der Waals surface area contributed by atoms with Gasteiger partial charge in [-0.2, -0.15) is 0 Å². The summed E-state index contributed by atoms with van der Waals surface area (Å²) in [5.74, 6) is 0.516. The molecular weight excluding hydrogens is 374 g/mol. The van der Waals surface area contributed by atoms with E-state index in [4.69, 9.17) is 9.47 Å². The Hall–Kier alpha value is -2.06. The number of benzene rings is 1. The molecule has 0 bridgehead atoms. The van der Waals surface area contributed by atoms with Crippen molar-refractivity contribution in [3.8, 4) is 5.75 Å². The summed E-state index contributed by atoms with van der Waals surface area (Å²) in [6.07, 6.45) is 0.811. The second-order valence-electron chi connectivity index (χ2n) is 6.09. The van der Waals surface area contributed by atoms with Crippen molar-refractivity contribution >= 4 is 33.0 Å². The van der Waals surface area contributed by atoms with Crippen LogP contribution < -0.4 is 9.04 Å². The average Bonchev–Trinajstić information content (AvgIpc) is 3.15. The fourth-order valence-corrected chi connectivity index (χ4v) is 4.39. The van der Waals surface area contributed by atoms with Crippen molar-refractivity contribution in [2.45, 2.75) is 24.5 Å². The number of hydrogen-bond acceptors (Lipinski definition) is 6. The van der Waals surface area contributed by atoms with Gasteiger partial charge in [0.2, 0.25) is 0 Å². The molecule has 1 aromatic heterocycles. The van der Waals surface area contributed by atoms with E-state index in [1.807, 2.05) is 0 Å². The number of esters is 1. The Balaban J connectivity index is 1.91. The summed E-state index contributed by atoms with van der Waals surface area (Å²) in [4.78, 5) is 11.6. The lowest BCUT2D eigenvalue weighted by atomic mass is 10.1. The van der Waals surface area contributed by atoms with Gasteiger partial charge < -0.3 is 9.47 Å². The summed E-state index contributed by atoms with van der Waals surface area (Å²) >= 11 is 1.17. The van der Waals surface area contributed by atoms with Gasteiger partial charge in [-0.3, -0.25) is 4.31 Å². The Morgan fingerprint density at radius 3 is 2.46 bits per heavy atom. The van der Waals surface area contributed by atoms with Crippen LogP contribution in [0.2, 0.25) is 0 Å². The Labute approximate surface area is 158 Å². The van der Waals surface area contributed by atoms with E-state index < -0.39 is 16.0 Å². The molecule has 0 radical (unpaired) electrons. The molecule has 0 aliphatic rings. The van der Waals surface area contributed by atoms with Gasteiger partial charge in [-0.15, -0.1) is 11.3 Å². The number of nitrogens with zero attached hydrogens (tertiary/aromatic N) is 1. The number of ether oxygens (including phenoxy) is 2. The first-order chi connectivity index (χ1) is 12.3. The van der Waals surface area contributed by atoms with E-state index in [0.29, 0.717) is 24.0 Å². The van der Waals surface area contributed by atoms with Crippen molar-refractivity contribution in [2.24, 2.45) is 5.92 Å². The Morgan fingerprint density at radius 2 is 1.88 bits per heavy atom. The lowest BCUT2D eigenvalue weighted by molar-refractivity contribution is -0.146. The number of carbonyl (C=O) groups excluding carboxylic acids is 1. The molecular formula is C18H23NO5S2. The van der Waals surface area contributed by atoms with E-state index in [0.717, 1.165) is 6.42 Å². The minimum absolute atomic E-state index is 0.180. The Kier molecular flexibility index (Phi) is 7.05. The van der Waals surface area contributed by atoms with Crippen molar-refractivity contribution in [3.05, 3.63) is 41.8 Å². The van der Waals surface area contributed by atoms with E-state index in [1.165, 1.54) is 22.7 Å². The molecule has 142 valence electrons. The lowest BCUT2D eigenvalue weighted by Crippen LogP contribution is -2.25. The van der Waals surface area contributed by atoms with Gasteiger partial charge in [0.1, 0.15) is 9.96 Å². The van der Waals surface area contributed by atoms with E-state index in [9.17, 15) is 13.2 Å². The fraction of sp³-hybridized carbons (Fsp3) is 0.389. The van der Waals surface area contributed by atoms with Gasteiger partial charge in [-0.1, -0.05) is 19.9 Å².